The number of hydrogen-bond donors (Lipinski definition) is 3. The monoisotopic (exact) mass is 631 g/mol. The summed E-state index contributed by atoms with van der Waals surface area (Å²) < 4.78 is 10.7. The van der Waals surface area contributed by atoms with Crippen LogP contribution in [-0.4, -0.2) is 64.6 Å². The van der Waals surface area contributed by atoms with Gasteiger partial charge in [-0.15, -0.1) is 0 Å². The lowest BCUT2D eigenvalue weighted by Crippen LogP contribution is -2.40. The highest BCUT2D eigenvalue weighted by Crippen LogP contribution is 2.46. The number of halogens is 1. The van der Waals surface area contributed by atoms with E-state index >= 15 is 0 Å². The van der Waals surface area contributed by atoms with Gasteiger partial charge in [0.1, 0.15) is 18.1 Å². The Morgan fingerprint density at radius 1 is 1.04 bits per heavy atom. The number of imide groups is 3. The second kappa shape index (κ2) is 14.1. The van der Waals surface area contributed by atoms with Gasteiger partial charge in [0.05, 0.1) is 36.7 Å². The number of aromatic hydroxyl groups is 1. The van der Waals surface area contributed by atoms with E-state index < -0.39 is 48.4 Å². The maximum Gasteiger partial charge on any atom is 0.423 e. The number of nitrogens with zero attached hydrogens (tertiary/aromatic N) is 1. The van der Waals surface area contributed by atoms with E-state index in [9.17, 15) is 29.7 Å². The Morgan fingerprint density at radius 2 is 1.73 bits per heavy atom. The van der Waals surface area contributed by atoms with Crippen LogP contribution < -0.4 is 4.74 Å². The van der Waals surface area contributed by atoms with Gasteiger partial charge in [0.2, 0.25) is 11.8 Å². The van der Waals surface area contributed by atoms with Gasteiger partial charge < -0.3 is 24.8 Å². The molecule has 0 saturated carbocycles. The molecule has 1 fully saturated rings. The van der Waals surface area contributed by atoms with E-state index in [1.807, 2.05) is 54.6 Å². The van der Waals surface area contributed by atoms with Gasteiger partial charge in [-0.2, -0.15) is 4.90 Å². The van der Waals surface area contributed by atoms with Gasteiger partial charge in [-0.1, -0.05) is 60.1 Å². The van der Waals surface area contributed by atoms with Gasteiger partial charge in [-0.05, 0) is 83.5 Å². The zero-order valence-corrected chi connectivity index (χ0v) is 25.4. The van der Waals surface area contributed by atoms with Crippen LogP contribution >= 0.6 is 11.6 Å². The quantitative estimate of drug-likeness (QED) is 0.152. The van der Waals surface area contributed by atoms with Crippen molar-refractivity contribution in [1.29, 1.82) is 0 Å². The highest BCUT2D eigenvalue weighted by Gasteiger charge is 2.57. The lowest BCUT2D eigenvalue weighted by atomic mass is 9.68. The fraction of sp³-hybridized carbons (Fsp3) is 0.286. The molecule has 0 aromatic heterocycles. The van der Waals surface area contributed by atoms with Crippen molar-refractivity contribution in [2.45, 2.75) is 25.4 Å². The highest BCUT2D eigenvalue weighted by atomic mass is 35.5. The van der Waals surface area contributed by atoms with Crippen LogP contribution in [0.5, 0.6) is 11.5 Å². The molecule has 3 aromatic carbocycles. The smallest absolute Gasteiger partial charge is 0.423 e. The van der Waals surface area contributed by atoms with Crippen LogP contribution in [0.25, 0.3) is 11.6 Å². The maximum absolute atomic E-state index is 13.4. The lowest BCUT2D eigenvalue weighted by Gasteiger charge is -2.36. The fourth-order valence-electron chi connectivity index (χ4n) is 6.27. The van der Waals surface area contributed by atoms with E-state index in [1.165, 1.54) is 6.07 Å². The van der Waals surface area contributed by atoms with E-state index in [0.29, 0.717) is 38.8 Å². The third kappa shape index (κ3) is 6.81. The number of methoxy groups -OCH3 is 1. The number of likely N-dealkylation sites (tertiary alicyclic amines) is 1. The van der Waals surface area contributed by atoms with Crippen LogP contribution in [0.2, 0.25) is 5.02 Å². The molecule has 1 saturated heterocycles. The summed E-state index contributed by atoms with van der Waals surface area (Å²) >= 11 is 6.41. The van der Waals surface area contributed by atoms with Gasteiger partial charge in [-0.25, -0.2) is 4.79 Å². The topological polar surface area (TPSA) is 134 Å². The summed E-state index contributed by atoms with van der Waals surface area (Å²) in [6.07, 6.45) is 0.360. The van der Waals surface area contributed by atoms with Crippen molar-refractivity contribution in [3.8, 4) is 11.5 Å². The molecule has 10 heteroatoms. The Balaban J connectivity index is 1.49. The molecule has 234 valence electrons. The number of rotatable bonds is 10. The lowest BCUT2D eigenvalue weighted by molar-refractivity contribution is -0.137. The Morgan fingerprint density at radius 3 is 2.38 bits per heavy atom. The molecular formula is C35H34ClNO8. The van der Waals surface area contributed by atoms with Gasteiger partial charge in [0.15, 0.2) is 0 Å². The molecule has 5 rings (SSSR count). The molecule has 0 unspecified atom stereocenters. The molecule has 1 aliphatic carbocycles. The van der Waals surface area contributed by atoms with Crippen LogP contribution in [-0.2, 0) is 14.3 Å². The number of fused-ring (bicyclic) bond motifs is 1. The number of ether oxygens (including phenoxy) is 2. The molecule has 0 radical (unpaired) electrons. The minimum absolute atomic E-state index is 0.0142. The largest absolute Gasteiger partial charge is 0.508 e. The molecule has 1 heterocycles. The molecule has 2 aliphatic rings. The van der Waals surface area contributed by atoms with Crippen LogP contribution in [0.3, 0.4) is 0 Å². The summed E-state index contributed by atoms with van der Waals surface area (Å²) in [5, 5.41) is 32.6. The number of benzene rings is 3. The van der Waals surface area contributed by atoms with Crippen molar-refractivity contribution in [2.75, 3.05) is 20.3 Å². The van der Waals surface area contributed by atoms with Gasteiger partial charge in [-0.3, -0.25) is 9.59 Å². The Kier molecular flexibility index (Phi) is 10.0. The molecule has 3 amide bonds. The number of allylic oxidation sites excluding steroid dienone is 1. The summed E-state index contributed by atoms with van der Waals surface area (Å²) in [6.45, 7) is -0.513. The number of aliphatic hydroxyl groups excluding tert-OH is 2. The first-order chi connectivity index (χ1) is 21.7. The average molecular weight is 632 g/mol. The minimum atomic E-state index is -1.12. The van der Waals surface area contributed by atoms with E-state index in [1.54, 1.807) is 24.3 Å². The van der Waals surface area contributed by atoms with Crippen molar-refractivity contribution < 1.29 is 39.2 Å². The van der Waals surface area contributed by atoms with E-state index in [4.69, 9.17) is 21.1 Å². The number of carbonyl (C=O) groups is 3. The van der Waals surface area contributed by atoms with Crippen LogP contribution in [0, 0.1) is 17.8 Å². The number of phenolic OH excluding ortho intramolecular Hbond substituents is 1. The third-order valence-corrected chi connectivity index (χ3v) is 8.73. The molecule has 3 N–H and O–H groups in total. The number of aliphatic hydroxyl groups is 2. The number of carbonyl (C=O) groups excluding carboxylic acids is 3. The second-order valence-corrected chi connectivity index (χ2v) is 11.5. The Labute approximate surface area is 266 Å². The van der Waals surface area contributed by atoms with Gasteiger partial charge >= 0.3 is 6.09 Å². The van der Waals surface area contributed by atoms with E-state index in [0.717, 1.165) is 18.2 Å². The third-order valence-electron chi connectivity index (χ3n) is 8.40. The normalized spacial score (nSPS) is 20.7. The summed E-state index contributed by atoms with van der Waals surface area (Å²) in [5.41, 5.74) is 3.47. The highest BCUT2D eigenvalue weighted by molar-refractivity contribution is 6.32. The van der Waals surface area contributed by atoms with E-state index in [-0.39, 0.29) is 25.2 Å². The number of amides is 3. The van der Waals surface area contributed by atoms with Crippen molar-refractivity contribution in [3.63, 3.8) is 0 Å². The number of phenols is 1. The molecule has 4 atom stereocenters. The Hall–Kier alpha value is -4.44. The zero-order valence-electron chi connectivity index (χ0n) is 24.6. The zero-order chi connectivity index (χ0) is 32.1. The molecule has 3 aromatic rings. The van der Waals surface area contributed by atoms with Crippen LogP contribution in [0.4, 0.5) is 4.79 Å². The van der Waals surface area contributed by atoms with Crippen molar-refractivity contribution in [1.82, 2.24) is 4.90 Å². The Bertz CT molecular complexity index is 1620. The first kappa shape index (κ1) is 32.0. The summed E-state index contributed by atoms with van der Waals surface area (Å²) in [5.74, 6) is -3.69. The predicted molar refractivity (Wildman–Crippen MR) is 168 cm³/mol. The molecule has 1 aliphatic heterocycles. The second-order valence-electron chi connectivity index (χ2n) is 11.1. The number of hydrogen-bond acceptors (Lipinski definition) is 8. The maximum atomic E-state index is 13.4. The van der Waals surface area contributed by atoms with Crippen molar-refractivity contribution >= 4 is 41.2 Å². The standard InChI is InChI=1S/C35H34ClNO8/c1-44-35(43)37-33(41)27-17-24(20-45-26-10-6-3-7-11-26)31(28(19-38)32(27)34(37)42)30(40)15-13-22(21-8-4-2-5-9-21)16-23-12-14-25(39)18-29(23)36/h2-12,14,16,18,27-28,30,32,38-40H,13,15,17,19-20H2,1H3/b22-16-/t27-,28+,30-,32-/m1/s1. The molecular weight excluding hydrogens is 598 g/mol. The molecule has 0 bridgehead atoms. The van der Waals surface area contributed by atoms with Crippen molar-refractivity contribution in [3.05, 3.63) is 106 Å². The minimum Gasteiger partial charge on any atom is -0.508 e. The molecule has 45 heavy (non-hydrogen) atoms. The van der Waals surface area contributed by atoms with Crippen LogP contribution in [0.15, 0.2) is 90.0 Å². The molecule has 0 spiro atoms. The van der Waals surface area contributed by atoms with Crippen LogP contribution in [0.1, 0.15) is 30.4 Å². The van der Waals surface area contributed by atoms with E-state index in [2.05, 4.69) is 0 Å². The summed E-state index contributed by atoms with van der Waals surface area (Å²) in [6, 6.07) is 23.3. The first-order valence-electron chi connectivity index (χ1n) is 14.6. The summed E-state index contributed by atoms with van der Waals surface area (Å²) in [7, 11) is 1.09. The summed E-state index contributed by atoms with van der Waals surface area (Å²) in [4.78, 5) is 39.5. The number of para-hydroxylation sites is 1. The molecule has 9 nitrogen and oxygen atoms in total. The SMILES string of the molecule is COC(=O)N1C(=O)[C@@H]2[C@@H](CC(COc3ccccc3)=C([C@H](O)CC/C(=C/c3ccc(O)cc3Cl)c3ccccc3)[C@@H]2CO)C1=O. The first-order valence-corrected chi connectivity index (χ1v) is 15.0. The average Bonchev–Trinajstić information content (AvgIpc) is 3.31. The predicted octanol–water partition coefficient (Wildman–Crippen LogP) is 5.48. The fourth-order valence-corrected chi connectivity index (χ4v) is 6.50. The van der Waals surface area contributed by atoms with Gasteiger partial charge in [0.25, 0.3) is 0 Å². The van der Waals surface area contributed by atoms with Gasteiger partial charge in [0, 0.05) is 5.92 Å². The van der Waals surface area contributed by atoms with Crippen molar-refractivity contribution in [2.24, 2.45) is 17.8 Å².